The van der Waals surface area contributed by atoms with Crippen LogP contribution in [0.2, 0.25) is 0 Å². The highest BCUT2D eigenvalue weighted by atomic mass is 19.1. The number of fused-ring (bicyclic) bond motifs is 1. The first-order valence-electron chi connectivity index (χ1n) is 6.37. The molecule has 0 atom stereocenters. The van der Waals surface area contributed by atoms with Gasteiger partial charge in [-0.15, -0.1) is 0 Å². The Bertz CT molecular complexity index is 844. The van der Waals surface area contributed by atoms with E-state index in [1.165, 1.54) is 6.07 Å². The van der Waals surface area contributed by atoms with Crippen LogP contribution in [-0.2, 0) is 0 Å². The average Bonchev–Trinajstić information content (AvgIpc) is 2.51. The van der Waals surface area contributed by atoms with E-state index >= 15 is 0 Å². The molecule has 0 saturated carbocycles. The number of hydrogen-bond acceptors (Lipinski definition) is 3. The lowest BCUT2D eigenvalue weighted by Gasteiger charge is -2.06. The third-order valence-corrected chi connectivity index (χ3v) is 3.42. The van der Waals surface area contributed by atoms with Crippen LogP contribution in [0.15, 0.2) is 42.7 Å². The molecule has 0 bridgehead atoms. The van der Waals surface area contributed by atoms with Crippen LogP contribution in [0.3, 0.4) is 0 Å². The van der Waals surface area contributed by atoms with E-state index < -0.39 is 5.91 Å². The fourth-order valence-corrected chi connectivity index (χ4v) is 2.19. The Labute approximate surface area is 120 Å². The normalized spacial score (nSPS) is 10.8. The zero-order valence-corrected chi connectivity index (χ0v) is 11.3. The van der Waals surface area contributed by atoms with Gasteiger partial charge in [0.2, 0.25) is 0 Å². The van der Waals surface area contributed by atoms with Gasteiger partial charge in [0.1, 0.15) is 11.5 Å². The van der Waals surface area contributed by atoms with E-state index in [0.29, 0.717) is 11.3 Å². The van der Waals surface area contributed by atoms with Crippen molar-refractivity contribution in [2.75, 3.05) is 0 Å². The van der Waals surface area contributed by atoms with Gasteiger partial charge in [-0.25, -0.2) is 4.39 Å². The Balaban J connectivity index is 2.09. The fraction of sp³-hybridized carbons (Fsp3) is 0.0625. The quantitative estimate of drug-likeness (QED) is 0.785. The van der Waals surface area contributed by atoms with E-state index in [1.54, 1.807) is 37.5 Å². The molecule has 0 unspecified atom stereocenters. The van der Waals surface area contributed by atoms with Crippen LogP contribution in [0.1, 0.15) is 16.1 Å². The largest absolute Gasteiger partial charge is 0.364 e. The number of nitrogens with two attached hydrogens (primary N) is 1. The van der Waals surface area contributed by atoms with Crippen LogP contribution in [0, 0.1) is 12.7 Å². The predicted octanol–water partition coefficient (Wildman–Crippen LogP) is 2.84. The molecule has 0 radical (unpaired) electrons. The molecule has 0 spiro atoms. The molecule has 2 heterocycles. The lowest BCUT2D eigenvalue weighted by Crippen LogP contribution is -2.12. The molecule has 0 fully saturated rings. The molecule has 0 aliphatic carbocycles. The molecule has 0 aliphatic rings. The van der Waals surface area contributed by atoms with Crippen LogP contribution in [-0.4, -0.2) is 15.9 Å². The van der Waals surface area contributed by atoms with Crippen LogP contribution >= 0.6 is 0 Å². The van der Waals surface area contributed by atoms with Crippen LogP contribution < -0.4 is 5.73 Å². The first-order valence-corrected chi connectivity index (χ1v) is 6.37. The van der Waals surface area contributed by atoms with E-state index in [-0.39, 0.29) is 11.5 Å². The second-order valence-corrected chi connectivity index (χ2v) is 4.76. The van der Waals surface area contributed by atoms with Gasteiger partial charge < -0.3 is 5.73 Å². The number of halogens is 1. The average molecular weight is 281 g/mol. The lowest BCUT2D eigenvalue weighted by atomic mass is 10.0. The Morgan fingerprint density at radius 1 is 1.14 bits per heavy atom. The van der Waals surface area contributed by atoms with Gasteiger partial charge in [-0.1, -0.05) is 6.07 Å². The summed E-state index contributed by atoms with van der Waals surface area (Å²) in [6, 6.07) is 8.31. The summed E-state index contributed by atoms with van der Waals surface area (Å²) in [5.74, 6) is -0.816. The van der Waals surface area contributed by atoms with Crippen molar-refractivity contribution >= 4 is 16.7 Å². The van der Waals surface area contributed by atoms with Gasteiger partial charge in [0.25, 0.3) is 5.91 Å². The molecule has 5 heteroatoms. The molecule has 3 rings (SSSR count). The zero-order chi connectivity index (χ0) is 15.0. The molecule has 3 aromatic rings. The summed E-state index contributed by atoms with van der Waals surface area (Å²) >= 11 is 0. The van der Waals surface area contributed by atoms with E-state index in [4.69, 9.17) is 5.73 Å². The Hall–Kier alpha value is -2.82. The zero-order valence-electron chi connectivity index (χ0n) is 11.3. The second kappa shape index (κ2) is 4.94. The lowest BCUT2D eigenvalue weighted by molar-refractivity contribution is 0.0995. The summed E-state index contributed by atoms with van der Waals surface area (Å²) in [4.78, 5) is 19.3. The number of aromatic nitrogens is 2. The number of benzene rings is 1. The summed E-state index contributed by atoms with van der Waals surface area (Å²) in [6.45, 7) is 1.72. The van der Waals surface area contributed by atoms with Crippen molar-refractivity contribution in [2.24, 2.45) is 5.73 Å². The minimum Gasteiger partial charge on any atom is -0.364 e. The molecular weight excluding hydrogens is 269 g/mol. The number of primary amides is 1. The molecule has 104 valence electrons. The molecule has 21 heavy (non-hydrogen) atoms. The number of amides is 1. The van der Waals surface area contributed by atoms with Gasteiger partial charge in [0.05, 0.1) is 5.69 Å². The van der Waals surface area contributed by atoms with Gasteiger partial charge in [-0.05, 0) is 42.1 Å². The number of aryl methyl sites for hydroxylation is 1. The summed E-state index contributed by atoms with van der Waals surface area (Å²) < 4.78 is 13.5. The highest BCUT2D eigenvalue weighted by Crippen LogP contribution is 2.25. The van der Waals surface area contributed by atoms with Crippen molar-refractivity contribution in [1.82, 2.24) is 9.97 Å². The monoisotopic (exact) mass is 281 g/mol. The Morgan fingerprint density at radius 3 is 2.62 bits per heavy atom. The smallest absolute Gasteiger partial charge is 0.267 e. The SMILES string of the molecule is Cc1c(F)ccc2cc(-c3ccc(C(N)=O)nc3)ncc12. The predicted molar refractivity (Wildman–Crippen MR) is 78.2 cm³/mol. The number of nitrogens with zero attached hydrogens (tertiary/aromatic N) is 2. The molecule has 1 amide bonds. The van der Waals surface area contributed by atoms with Gasteiger partial charge in [-0.3, -0.25) is 14.8 Å². The Morgan fingerprint density at radius 2 is 1.95 bits per heavy atom. The van der Waals surface area contributed by atoms with Crippen LogP contribution in [0.5, 0.6) is 0 Å². The first kappa shape index (κ1) is 13.2. The number of pyridine rings is 2. The number of carbonyl (C=O) groups is 1. The van der Waals surface area contributed by atoms with E-state index in [0.717, 1.165) is 16.3 Å². The first-order chi connectivity index (χ1) is 10.1. The molecule has 0 saturated heterocycles. The topological polar surface area (TPSA) is 68.9 Å². The van der Waals surface area contributed by atoms with Crippen molar-refractivity contribution in [3.63, 3.8) is 0 Å². The molecular formula is C16H12FN3O. The van der Waals surface area contributed by atoms with E-state index in [2.05, 4.69) is 9.97 Å². The standard InChI is InChI=1S/C16H12FN3O/c1-9-12-8-20-15(6-10(12)2-4-13(9)17)11-3-5-14(16(18)21)19-7-11/h2-8H,1H3,(H2,18,21). The van der Waals surface area contributed by atoms with Gasteiger partial charge in [0.15, 0.2) is 0 Å². The summed E-state index contributed by atoms with van der Waals surface area (Å²) in [5.41, 5.74) is 7.41. The van der Waals surface area contributed by atoms with Gasteiger partial charge in [-0.2, -0.15) is 0 Å². The van der Waals surface area contributed by atoms with Crippen LogP contribution in [0.25, 0.3) is 22.0 Å². The van der Waals surface area contributed by atoms with Crippen molar-refractivity contribution in [1.29, 1.82) is 0 Å². The highest BCUT2D eigenvalue weighted by Gasteiger charge is 2.07. The molecule has 2 aromatic heterocycles. The minimum absolute atomic E-state index is 0.206. The maximum Gasteiger partial charge on any atom is 0.267 e. The molecule has 1 aromatic carbocycles. The van der Waals surface area contributed by atoms with Gasteiger partial charge in [0, 0.05) is 23.3 Å². The van der Waals surface area contributed by atoms with Crippen molar-refractivity contribution in [3.05, 3.63) is 59.8 Å². The fourth-order valence-electron chi connectivity index (χ4n) is 2.19. The molecule has 0 aliphatic heterocycles. The molecule has 4 nitrogen and oxygen atoms in total. The summed E-state index contributed by atoms with van der Waals surface area (Å²) in [7, 11) is 0. The summed E-state index contributed by atoms with van der Waals surface area (Å²) in [6.07, 6.45) is 3.19. The maximum absolute atomic E-state index is 13.5. The second-order valence-electron chi connectivity index (χ2n) is 4.76. The van der Waals surface area contributed by atoms with Crippen molar-refractivity contribution in [3.8, 4) is 11.3 Å². The third-order valence-electron chi connectivity index (χ3n) is 3.42. The van der Waals surface area contributed by atoms with Crippen molar-refractivity contribution in [2.45, 2.75) is 6.92 Å². The Kier molecular flexibility index (Phi) is 3.10. The van der Waals surface area contributed by atoms with Crippen molar-refractivity contribution < 1.29 is 9.18 Å². The van der Waals surface area contributed by atoms with E-state index in [1.807, 2.05) is 6.07 Å². The highest BCUT2D eigenvalue weighted by molar-refractivity contribution is 5.91. The maximum atomic E-state index is 13.5. The number of carbonyl (C=O) groups excluding carboxylic acids is 1. The third kappa shape index (κ3) is 2.33. The van der Waals surface area contributed by atoms with E-state index in [9.17, 15) is 9.18 Å². The minimum atomic E-state index is -0.570. The molecule has 2 N–H and O–H groups in total. The van der Waals surface area contributed by atoms with Crippen LogP contribution in [0.4, 0.5) is 4.39 Å². The van der Waals surface area contributed by atoms with Gasteiger partial charge >= 0.3 is 0 Å². The number of rotatable bonds is 2. The summed E-state index contributed by atoms with van der Waals surface area (Å²) in [5, 5.41) is 1.68. The number of hydrogen-bond donors (Lipinski definition) is 1.